The minimum atomic E-state index is -3.50. The number of aromatic nitrogens is 1. The van der Waals surface area contributed by atoms with Crippen LogP contribution in [0.1, 0.15) is 32.1 Å². The summed E-state index contributed by atoms with van der Waals surface area (Å²) in [6.07, 6.45) is 7.51. The molecule has 2 unspecified atom stereocenters. The number of piperidine rings is 1. The molecule has 0 radical (unpaired) electrons. The average Bonchev–Trinajstić information content (AvgIpc) is 2.54. The highest BCUT2D eigenvalue weighted by Crippen LogP contribution is 2.38. The van der Waals surface area contributed by atoms with Crippen molar-refractivity contribution in [2.75, 3.05) is 25.5 Å². The highest BCUT2D eigenvalue weighted by molar-refractivity contribution is 7.89. The first-order valence-corrected chi connectivity index (χ1v) is 9.20. The van der Waals surface area contributed by atoms with Crippen molar-refractivity contribution in [3.63, 3.8) is 0 Å². The summed E-state index contributed by atoms with van der Waals surface area (Å²) in [6, 6.07) is 3.51. The second-order valence-electron chi connectivity index (χ2n) is 6.06. The number of hydrogen-bond acceptors (Lipinski definition) is 4. The summed E-state index contributed by atoms with van der Waals surface area (Å²) >= 11 is 0. The molecule has 0 amide bonds. The largest absolute Gasteiger partial charge is 0.386 e. The predicted molar refractivity (Wildman–Crippen MR) is 82.6 cm³/mol. The summed E-state index contributed by atoms with van der Waals surface area (Å²) in [7, 11) is -1.77. The van der Waals surface area contributed by atoms with Gasteiger partial charge in [-0.3, -0.25) is 0 Å². The average molecular weight is 309 g/mol. The van der Waals surface area contributed by atoms with Gasteiger partial charge in [0.2, 0.25) is 0 Å². The van der Waals surface area contributed by atoms with Crippen LogP contribution in [0, 0.1) is 11.8 Å². The SMILES string of the molecule is CNc1cccnc1S(=O)(=O)N1CCC2CCCCC2C1. The zero-order chi connectivity index (χ0) is 14.9. The number of anilines is 1. The molecule has 1 N–H and O–H groups in total. The lowest BCUT2D eigenvalue weighted by atomic mass is 9.76. The van der Waals surface area contributed by atoms with Crippen LogP contribution in [0.3, 0.4) is 0 Å². The van der Waals surface area contributed by atoms with E-state index in [-0.39, 0.29) is 5.03 Å². The second-order valence-corrected chi connectivity index (χ2v) is 7.92. The third-order valence-corrected chi connectivity index (χ3v) is 6.70. The van der Waals surface area contributed by atoms with Crippen molar-refractivity contribution in [3.8, 4) is 0 Å². The number of nitrogens with one attached hydrogen (secondary N) is 1. The highest BCUT2D eigenvalue weighted by Gasteiger charge is 2.37. The normalized spacial score (nSPS) is 27.1. The molecular formula is C15H23N3O2S. The van der Waals surface area contributed by atoms with E-state index in [0.29, 0.717) is 24.7 Å². The van der Waals surface area contributed by atoms with E-state index in [4.69, 9.17) is 0 Å². The Morgan fingerprint density at radius 3 is 2.76 bits per heavy atom. The molecule has 3 rings (SSSR count). The first kappa shape index (κ1) is 14.8. The Morgan fingerprint density at radius 1 is 1.24 bits per heavy atom. The van der Waals surface area contributed by atoms with Gasteiger partial charge in [0.1, 0.15) is 0 Å². The molecule has 0 aromatic carbocycles. The second kappa shape index (κ2) is 5.93. The van der Waals surface area contributed by atoms with Gasteiger partial charge in [0, 0.05) is 26.3 Å². The molecule has 1 aliphatic heterocycles. The minimum absolute atomic E-state index is 0.154. The maximum atomic E-state index is 12.9. The minimum Gasteiger partial charge on any atom is -0.386 e. The molecule has 1 saturated carbocycles. The Labute approximate surface area is 126 Å². The predicted octanol–water partition coefficient (Wildman–Crippen LogP) is 2.32. The Morgan fingerprint density at radius 2 is 2.00 bits per heavy atom. The van der Waals surface area contributed by atoms with Crippen LogP contribution in [0.5, 0.6) is 0 Å². The van der Waals surface area contributed by atoms with Gasteiger partial charge in [0.15, 0.2) is 5.03 Å². The standard InChI is InChI=1S/C15H23N3O2S/c1-16-14-7-4-9-17-15(14)21(19,20)18-10-8-12-5-2-3-6-13(12)11-18/h4,7,9,12-13,16H,2-3,5-6,8,10-11H2,1H3. The van der Waals surface area contributed by atoms with Crippen molar-refractivity contribution < 1.29 is 8.42 Å². The third-order valence-electron chi connectivity index (χ3n) is 4.88. The highest BCUT2D eigenvalue weighted by atomic mass is 32.2. The molecule has 21 heavy (non-hydrogen) atoms. The van der Waals surface area contributed by atoms with Gasteiger partial charge in [-0.05, 0) is 36.8 Å². The fourth-order valence-corrected chi connectivity index (χ4v) is 5.31. The van der Waals surface area contributed by atoms with Crippen LogP contribution in [-0.4, -0.2) is 37.8 Å². The van der Waals surface area contributed by atoms with Gasteiger partial charge in [0.25, 0.3) is 10.0 Å². The lowest BCUT2D eigenvalue weighted by Crippen LogP contribution is -2.45. The smallest absolute Gasteiger partial charge is 0.262 e. The van der Waals surface area contributed by atoms with Gasteiger partial charge in [-0.25, -0.2) is 13.4 Å². The van der Waals surface area contributed by atoms with Gasteiger partial charge in [-0.2, -0.15) is 4.31 Å². The van der Waals surface area contributed by atoms with Crippen molar-refractivity contribution in [1.82, 2.24) is 9.29 Å². The molecule has 1 aliphatic carbocycles. The molecule has 0 spiro atoms. The van der Waals surface area contributed by atoms with Gasteiger partial charge < -0.3 is 5.32 Å². The van der Waals surface area contributed by atoms with Crippen molar-refractivity contribution in [1.29, 1.82) is 0 Å². The first-order valence-electron chi connectivity index (χ1n) is 7.76. The molecule has 1 aromatic rings. The van der Waals surface area contributed by atoms with Crippen molar-refractivity contribution >= 4 is 15.7 Å². The van der Waals surface area contributed by atoms with Crippen molar-refractivity contribution in [2.45, 2.75) is 37.1 Å². The molecule has 0 bridgehead atoms. The summed E-state index contributed by atoms with van der Waals surface area (Å²) < 4.78 is 27.4. The summed E-state index contributed by atoms with van der Waals surface area (Å²) in [4.78, 5) is 4.11. The lowest BCUT2D eigenvalue weighted by Gasteiger charge is -2.40. The lowest BCUT2D eigenvalue weighted by molar-refractivity contribution is 0.136. The number of nitrogens with zero attached hydrogens (tertiary/aromatic N) is 2. The van der Waals surface area contributed by atoms with Crippen LogP contribution < -0.4 is 5.32 Å². The van der Waals surface area contributed by atoms with E-state index in [2.05, 4.69) is 10.3 Å². The van der Waals surface area contributed by atoms with Crippen LogP contribution in [0.15, 0.2) is 23.4 Å². The molecule has 6 heteroatoms. The van der Waals surface area contributed by atoms with Crippen molar-refractivity contribution in [3.05, 3.63) is 18.3 Å². The van der Waals surface area contributed by atoms with Gasteiger partial charge in [-0.1, -0.05) is 19.3 Å². The van der Waals surface area contributed by atoms with E-state index in [1.807, 2.05) is 0 Å². The summed E-state index contributed by atoms with van der Waals surface area (Å²) in [5, 5.41) is 3.08. The van der Waals surface area contributed by atoms with E-state index in [1.165, 1.54) is 19.3 Å². The number of rotatable bonds is 3. The zero-order valence-electron chi connectivity index (χ0n) is 12.5. The first-order chi connectivity index (χ1) is 10.1. The molecule has 2 heterocycles. The summed E-state index contributed by atoms with van der Waals surface area (Å²) in [6.45, 7) is 1.29. The van der Waals surface area contributed by atoms with Crippen LogP contribution in [0.2, 0.25) is 0 Å². The Bertz CT molecular complexity index is 603. The van der Waals surface area contributed by atoms with Crippen LogP contribution >= 0.6 is 0 Å². The van der Waals surface area contributed by atoms with Crippen LogP contribution in [0.25, 0.3) is 0 Å². The fourth-order valence-electron chi connectivity index (χ4n) is 3.69. The maximum absolute atomic E-state index is 12.9. The molecule has 5 nitrogen and oxygen atoms in total. The maximum Gasteiger partial charge on any atom is 0.262 e. The molecule has 116 valence electrons. The number of hydrogen-bond donors (Lipinski definition) is 1. The number of sulfonamides is 1. The molecule has 2 fully saturated rings. The van der Waals surface area contributed by atoms with E-state index in [9.17, 15) is 8.42 Å². The quantitative estimate of drug-likeness (QED) is 0.931. The van der Waals surface area contributed by atoms with Gasteiger partial charge in [-0.15, -0.1) is 0 Å². The third kappa shape index (κ3) is 2.79. The van der Waals surface area contributed by atoms with Crippen molar-refractivity contribution in [2.24, 2.45) is 11.8 Å². The summed E-state index contributed by atoms with van der Waals surface area (Å²) in [5.74, 6) is 1.25. The fraction of sp³-hybridized carbons (Fsp3) is 0.667. The van der Waals surface area contributed by atoms with Crippen LogP contribution in [-0.2, 0) is 10.0 Å². The van der Waals surface area contributed by atoms with Crippen LogP contribution in [0.4, 0.5) is 5.69 Å². The zero-order valence-corrected chi connectivity index (χ0v) is 13.3. The Balaban J connectivity index is 1.85. The van der Waals surface area contributed by atoms with E-state index < -0.39 is 10.0 Å². The topological polar surface area (TPSA) is 62.3 Å². The number of pyridine rings is 1. The van der Waals surface area contributed by atoms with E-state index >= 15 is 0 Å². The van der Waals surface area contributed by atoms with Gasteiger partial charge in [0.05, 0.1) is 5.69 Å². The molecule has 2 atom stereocenters. The molecular weight excluding hydrogens is 286 g/mol. The van der Waals surface area contributed by atoms with E-state index in [1.54, 1.807) is 29.7 Å². The van der Waals surface area contributed by atoms with E-state index in [0.717, 1.165) is 18.8 Å². The van der Waals surface area contributed by atoms with Gasteiger partial charge >= 0.3 is 0 Å². The molecule has 1 saturated heterocycles. The Hall–Kier alpha value is -1.14. The monoisotopic (exact) mass is 309 g/mol. The Kier molecular flexibility index (Phi) is 4.17. The number of fused-ring (bicyclic) bond motifs is 1. The molecule has 2 aliphatic rings. The molecule has 1 aromatic heterocycles. The summed E-state index contributed by atoms with van der Waals surface area (Å²) in [5.41, 5.74) is 0.572.